The molecule has 216 valence electrons. The van der Waals surface area contributed by atoms with Gasteiger partial charge in [0.15, 0.2) is 0 Å². The van der Waals surface area contributed by atoms with E-state index in [1.165, 1.54) is 6.08 Å². The Hall–Kier alpha value is -3.96. The number of carbonyl (C=O) groups is 2. The van der Waals surface area contributed by atoms with Gasteiger partial charge in [0, 0.05) is 36.0 Å². The molecule has 1 aliphatic heterocycles. The first kappa shape index (κ1) is 28.6. The summed E-state index contributed by atoms with van der Waals surface area (Å²) in [6, 6.07) is 16.6. The van der Waals surface area contributed by atoms with Gasteiger partial charge in [0.25, 0.3) is 5.91 Å². The van der Waals surface area contributed by atoms with Crippen LogP contribution >= 0.6 is 0 Å². The maximum atomic E-state index is 13.3. The number of fused-ring (bicyclic) bond motifs is 1. The van der Waals surface area contributed by atoms with Crippen LogP contribution in [0.25, 0.3) is 22.2 Å². The van der Waals surface area contributed by atoms with Crippen LogP contribution in [0.2, 0.25) is 0 Å². The number of rotatable bonds is 11. The first-order valence-corrected chi connectivity index (χ1v) is 15.2. The molecule has 0 radical (unpaired) electrons. The average molecular weight is 579 g/mol. The summed E-state index contributed by atoms with van der Waals surface area (Å²) >= 11 is 0. The highest BCUT2D eigenvalue weighted by atomic mass is 32.2. The van der Waals surface area contributed by atoms with Gasteiger partial charge >= 0.3 is 0 Å². The monoisotopic (exact) mass is 578 g/mol. The molecule has 2 amide bonds. The molecule has 10 nitrogen and oxygen atoms in total. The summed E-state index contributed by atoms with van der Waals surface area (Å²) in [6.45, 7) is 5.79. The van der Waals surface area contributed by atoms with E-state index in [9.17, 15) is 18.0 Å². The Labute approximate surface area is 239 Å². The number of hydrogen-bond donors (Lipinski definition) is 3. The highest BCUT2D eigenvalue weighted by molar-refractivity contribution is 7.91. The molecule has 3 atom stereocenters. The standard InChI is InChI=1S/C30H34N4O6S/c1-4-30(5-2,29(36)34-41(37,38)22-12-13-22)33-28(35)26-16-21(18-31-26)40-27-17-24(19-9-7-6-8-10-19)32-25-15-20(39-3)11-14-23(25)27/h4,6-11,14-15,17,21-22,26,31H,1,5,12-13,16,18H2,2-3H3,(H,33,35)(H,34,36). The van der Waals surface area contributed by atoms with E-state index in [4.69, 9.17) is 14.5 Å². The summed E-state index contributed by atoms with van der Waals surface area (Å²) in [5.74, 6) is 0.0540. The Morgan fingerprint density at radius 2 is 1.93 bits per heavy atom. The normalized spacial score (nSPS) is 20.1. The highest BCUT2D eigenvalue weighted by Gasteiger charge is 2.44. The number of amides is 2. The van der Waals surface area contributed by atoms with E-state index in [0.29, 0.717) is 42.8 Å². The van der Waals surface area contributed by atoms with Crippen molar-refractivity contribution in [1.29, 1.82) is 0 Å². The van der Waals surface area contributed by atoms with Crippen molar-refractivity contribution in [2.24, 2.45) is 0 Å². The van der Waals surface area contributed by atoms with E-state index in [-0.39, 0.29) is 12.5 Å². The second kappa shape index (κ2) is 11.5. The summed E-state index contributed by atoms with van der Waals surface area (Å²) in [4.78, 5) is 31.1. The molecule has 2 aliphatic rings. The third kappa shape index (κ3) is 6.06. The van der Waals surface area contributed by atoms with Gasteiger partial charge in [0.05, 0.1) is 29.6 Å². The number of ether oxygens (including phenoxy) is 2. The van der Waals surface area contributed by atoms with Crippen molar-refractivity contribution in [1.82, 2.24) is 20.3 Å². The van der Waals surface area contributed by atoms with Gasteiger partial charge in [0.1, 0.15) is 23.1 Å². The first-order valence-electron chi connectivity index (χ1n) is 13.6. The van der Waals surface area contributed by atoms with Gasteiger partial charge in [-0.05, 0) is 31.4 Å². The van der Waals surface area contributed by atoms with Gasteiger partial charge < -0.3 is 20.1 Å². The molecule has 1 saturated carbocycles. The zero-order valence-corrected chi connectivity index (χ0v) is 23.9. The van der Waals surface area contributed by atoms with Crippen molar-refractivity contribution < 1.29 is 27.5 Å². The third-order valence-electron chi connectivity index (χ3n) is 7.61. The number of sulfonamides is 1. The fourth-order valence-electron chi connectivity index (χ4n) is 4.91. The second-order valence-electron chi connectivity index (χ2n) is 10.4. The number of benzene rings is 2. The summed E-state index contributed by atoms with van der Waals surface area (Å²) in [5, 5.41) is 6.15. The smallest absolute Gasteiger partial charge is 0.263 e. The van der Waals surface area contributed by atoms with E-state index >= 15 is 0 Å². The minimum Gasteiger partial charge on any atom is -0.497 e. The quantitative estimate of drug-likeness (QED) is 0.296. The lowest BCUT2D eigenvalue weighted by Crippen LogP contribution is -2.60. The molecule has 41 heavy (non-hydrogen) atoms. The molecule has 3 aromatic rings. The maximum absolute atomic E-state index is 13.3. The molecule has 11 heteroatoms. The Bertz CT molecular complexity index is 1570. The van der Waals surface area contributed by atoms with Crippen molar-refractivity contribution in [2.75, 3.05) is 13.7 Å². The molecule has 5 rings (SSSR count). The van der Waals surface area contributed by atoms with Crippen LogP contribution in [0.1, 0.15) is 32.6 Å². The summed E-state index contributed by atoms with van der Waals surface area (Å²) < 4.78 is 38.7. The third-order valence-corrected chi connectivity index (χ3v) is 9.42. The van der Waals surface area contributed by atoms with Gasteiger partial charge in [-0.25, -0.2) is 13.4 Å². The highest BCUT2D eigenvalue weighted by Crippen LogP contribution is 2.34. The number of carbonyl (C=O) groups excluding carboxylic acids is 2. The Balaban J connectivity index is 1.32. The Morgan fingerprint density at radius 1 is 1.17 bits per heavy atom. The molecule has 3 N–H and O–H groups in total. The van der Waals surface area contributed by atoms with Crippen LogP contribution in [0.4, 0.5) is 0 Å². The predicted molar refractivity (Wildman–Crippen MR) is 156 cm³/mol. The largest absolute Gasteiger partial charge is 0.497 e. The Kier molecular flexibility index (Phi) is 8.01. The SMILES string of the molecule is C=CC(CC)(NC(=O)C1CC(Oc2cc(-c3ccccc3)nc3cc(OC)ccc23)CN1)C(=O)NS(=O)(=O)C1CC1. The van der Waals surface area contributed by atoms with Gasteiger partial charge in [-0.3, -0.25) is 14.3 Å². The summed E-state index contributed by atoms with van der Waals surface area (Å²) in [5.41, 5.74) is 0.829. The van der Waals surface area contributed by atoms with Crippen LogP contribution in [-0.2, 0) is 19.6 Å². The van der Waals surface area contributed by atoms with Crippen LogP contribution in [0, 0.1) is 0 Å². The fraction of sp³-hybridized carbons (Fsp3) is 0.367. The zero-order chi connectivity index (χ0) is 29.2. The molecule has 0 spiro atoms. The maximum Gasteiger partial charge on any atom is 0.263 e. The number of nitrogens with one attached hydrogen (secondary N) is 3. The fourth-order valence-corrected chi connectivity index (χ4v) is 6.28. The lowest BCUT2D eigenvalue weighted by Gasteiger charge is -2.30. The van der Waals surface area contributed by atoms with Crippen LogP contribution in [0.5, 0.6) is 11.5 Å². The van der Waals surface area contributed by atoms with Crippen LogP contribution in [-0.4, -0.2) is 61.8 Å². The number of nitrogens with zero attached hydrogens (tertiary/aromatic N) is 1. The van der Waals surface area contributed by atoms with Crippen LogP contribution in [0.15, 0.2) is 67.3 Å². The molecular weight excluding hydrogens is 544 g/mol. The molecule has 3 unspecified atom stereocenters. The van der Waals surface area contributed by atoms with E-state index < -0.39 is 38.7 Å². The molecule has 1 saturated heterocycles. The second-order valence-corrected chi connectivity index (χ2v) is 12.3. The van der Waals surface area contributed by atoms with Crippen LogP contribution < -0.4 is 24.8 Å². The van der Waals surface area contributed by atoms with E-state index in [1.807, 2.05) is 54.6 Å². The molecular formula is C30H34N4O6S. The number of methoxy groups -OCH3 is 1. The van der Waals surface area contributed by atoms with Crippen molar-refractivity contribution in [3.8, 4) is 22.8 Å². The molecule has 2 aromatic carbocycles. The van der Waals surface area contributed by atoms with Gasteiger partial charge in [-0.2, -0.15) is 0 Å². The summed E-state index contributed by atoms with van der Waals surface area (Å²) in [6.07, 6.45) is 2.45. The number of aromatic nitrogens is 1. The Morgan fingerprint density at radius 3 is 2.59 bits per heavy atom. The van der Waals surface area contributed by atoms with E-state index in [2.05, 4.69) is 21.9 Å². The van der Waals surface area contributed by atoms with Crippen molar-refractivity contribution >= 4 is 32.7 Å². The minimum absolute atomic E-state index is 0.135. The lowest BCUT2D eigenvalue weighted by molar-refractivity contribution is -0.131. The van der Waals surface area contributed by atoms with Crippen molar-refractivity contribution in [3.05, 3.63) is 67.3 Å². The van der Waals surface area contributed by atoms with E-state index in [1.54, 1.807) is 14.0 Å². The minimum atomic E-state index is -3.78. The van der Waals surface area contributed by atoms with Gasteiger partial charge in [0.2, 0.25) is 15.9 Å². The van der Waals surface area contributed by atoms with E-state index in [0.717, 1.165) is 16.6 Å². The topological polar surface area (TPSA) is 136 Å². The first-order chi connectivity index (χ1) is 19.7. The van der Waals surface area contributed by atoms with Crippen LogP contribution in [0.3, 0.4) is 0 Å². The number of pyridine rings is 1. The predicted octanol–water partition coefficient (Wildman–Crippen LogP) is 3.08. The molecule has 2 fully saturated rings. The van der Waals surface area contributed by atoms with Crippen molar-refractivity contribution in [2.45, 2.75) is 55.5 Å². The van der Waals surface area contributed by atoms with Gasteiger partial charge in [-0.15, -0.1) is 6.58 Å². The van der Waals surface area contributed by atoms with Crippen molar-refractivity contribution in [3.63, 3.8) is 0 Å². The van der Waals surface area contributed by atoms with Gasteiger partial charge in [-0.1, -0.05) is 43.3 Å². The molecule has 1 aliphatic carbocycles. The molecule has 1 aromatic heterocycles. The molecule has 0 bridgehead atoms. The average Bonchev–Trinajstić information content (AvgIpc) is 3.75. The molecule has 2 heterocycles. The summed E-state index contributed by atoms with van der Waals surface area (Å²) in [7, 11) is -2.18. The number of hydrogen-bond acceptors (Lipinski definition) is 8. The lowest BCUT2D eigenvalue weighted by atomic mass is 9.94. The zero-order valence-electron chi connectivity index (χ0n) is 23.1.